The average Bonchev–Trinajstić information content (AvgIpc) is 2.62. The number of nitrogens with one attached hydrogen (secondary N) is 1. The molecule has 3 rings (SSSR count). The topological polar surface area (TPSA) is 66.5 Å². The smallest absolute Gasteiger partial charge is 0.230 e. The molecule has 1 aliphatic carbocycles. The fraction of sp³-hybridized carbons (Fsp3) is 0.632. The molecule has 1 aromatic carbocycles. The summed E-state index contributed by atoms with van der Waals surface area (Å²) < 4.78 is 38.4. The zero-order valence-electron chi connectivity index (χ0n) is 15.2. The van der Waals surface area contributed by atoms with Crippen molar-refractivity contribution < 1.29 is 17.6 Å². The first-order valence-corrected chi connectivity index (χ1v) is 11.2. The molecule has 1 aliphatic heterocycles. The Balaban J connectivity index is 1.79. The molecule has 1 unspecified atom stereocenters. The van der Waals surface area contributed by atoms with Crippen LogP contribution in [0.2, 0.25) is 0 Å². The quantitative estimate of drug-likeness (QED) is 0.870. The Morgan fingerprint density at radius 1 is 1.15 bits per heavy atom. The van der Waals surface area contributed by atoms with Gasteiger partial charge in [-0.3, -0.25) is 4.79 Å². The van der Waals surface area contributed by atoms with E-state index in [0.29, 0.717) is 13.1 Å². The highest BCUT2D eigenvalue weighted by Crippen LogP contribution is 2.40. The van der Waals surface area contributed by atoms with Crippen LogP contribution in [-0.4, -0.2) is 44.0 Å². The van der Waals surface area contributed by atoms with Crippen LogP contribution in [0.4, 0.5) is 4.39 Å². The summed E-state index contributed by atoms with van der Waals surface area (Å²) in [6.07, 6.45) is 7.23. The van der Waals surface area contributed by atoms with E-state index in [1.165, 1.54) is 22.7 Å². The fourth-order valence-electron chi connectivity index (χ4n) is 4.26. The van der Waals surface area contributed by atoms with Crippen LogP contribution < -0.4 is 5.32 Å². The Hall–Kier alpha value is -1.47. The molecule has 0 spiro atoms. The van der Waals surface area contributed by atoms with Gasteiger partial charge < -0.3 is 5.32 Å². The molecule has 144 valence electrons. The van der Waals surface area contributed by atoms with Gasteiger partial charge in [-0.25, -0.2) is 17.1 Å². The minimum atomic E-state index is -3.25. The van der Waals surface area contributed by atoms with Crippen molar-refractivity contribution in [3.05, 3.63) is 35.6 Å². The molecule has 2 aliphatic rings. The molecule has 1 saturated heterocycles. The van der Waals surface area contributed by atoms with Crippen LogP contribution in [0, 0.1) is 5.82 Å². The first-order chi connectivity index (χ1) is 12.3. The van der Waals surface area contributed by atoms with Gasteiger partial charge in [0.2, 0.25) is 15.9 Å². The van der Waals surface area contributed by atoms with Crippen molar-refractivity contribution in [3.63, 3.8) is 0 Å². The third kappa shape index (κ3) is 4.09. The van der Waals surface area contributed by atoms with Crippen LogP contribution in [0.3, 0.4) is 0 Å². The molecule has 1 atom stereocenters. The van der Waals surface area contributed by atoms with Crippen molar-refractivity contribution in [1.82, 2.24) is 9.62 Å². The lowest BCUT2D eigenvalue weighted by atomic mass is 9.68. The first-order valence-electron chi connectivity index (χ1n) is 9.33. The molecule has 5 nitrogen and oxygen atoms in total. The summed E-state index contributed by atoms with van der Waals surface area (Å²) in [5, 5.41) is 3.11. The van der Waals surface area contributed by atoms with Crippen LogP contribution >= 0.6 is 0 Å². The van der Waals surface area contributed by atoms with E-state index in [-0.39, 0.29) is 17.8 Å². The second-order valence-electron chi connectivity index (χ2n) is 7.58. The average molecular weight is 383 g/mol. The number of rotatable bonds is 4. The molecule has 1 aromatic rings. The number of benzene rings is 1. The Bertz CT molecular complexity index is 743. The lowest BCUT2D eigenvalue weighted by Crippen LogP contribution is -2.54. The van der Waals surface area contributed by atoms with Gasteiger partial charge in [0.15, 0.2) is 0 Å². The molecule has 7 heteroatoms. The molecule has 0 radical (unpaired) electrons. The monoisotopic (exact) mass is 382 g/mol. The SMILES string of the molecule is CS(=O)(=O)N1CCCC(NC(=O)C2(c3ccc(F)cc3)CCCCC2)C1. The summed E-state index contributed by atoms with van der Waals surface area (Å²) in [5.41, 5.74) is 0.214. The highest BCUT2D eigenvalue weighted by molar-refractivity contribution is 7.88. The maximum absolute atomic E-state index is 13.3. The number of sulfonamides is 1. The molecule has 2 fully saturated rings. The number of halogens is 1. The standard InChI is InChI=1S/C19H27FN2O3S/c1-26(24,25)22-13-5-6-17(14-22)21-18(23)19(11-3-2-4-12-19)15-7-9-16(20)10-8-15/h7-10,17H,2-6,11-14H2,1H3,(H,21,23). The summed E-state index contributed by atoms with van der Waals surface area (Å²) in [6, 6.07) is 6.06. The van der Waals surface area contributed by atoms with Crippen LogP contribution in [0.1, 0.15) is 50.5 Å². The van der Waals surface area contributed by atoms with Gasteiger partial charge in [-0.1, -0.05) is 31.4 Å². The van der Waals surface area contributed by atoms with Crippen molar-refractivity contribution in [2.75, 3.05) is 19.3 Å². The van der Waals surface area contributed by atoms with E-state index in [9.17, 15) is 17.6 Å². The van der Waals surface area contributed by atoms with Crippen LogP contribution in [0.25, 0.3) is 0 Å². The second kappa shape index (κ2) is 7.64. The number of hydrogen-bond acceptors (Lipinski definition) is 3. The van der Waals surface area contributed by atoms with Gasteiger partial charge in [-0.05, 0) is 43.4 Å². The zero-order chi connectivity index (χ0) is 18.8. The van der Waals surface area contributed by atoms with Gasteiger partial charge in [-0.15, -0.1) is 0 Å². The predicted octanol–water partition coefficient (Wildman–Crippen LogP) is 2.57. The van der Waals surface area contributed by atoms with E-state index in [4.69, 9.17) is 0 Å². The van der Waals surface area contributed by atoms with E-state index in [0.717, 1.165) is 50.5 Å². The summed E-state index contributed by atoms with van der Waals surface area (Å²) >= 11 is 0. The van der Waals surface area contributed by atoms with Gasteiger partial charge in [0, 0.05) is 19.1 Å². The molecule has 26 heavy (non-hydrogen) atoms. The number of carbonyl (C=O) groups is 1. The zero-order valence-corrected chi connectivity index (χ0v) is 16.0. The maximum Gasteiger partial charge on any atom is 0.230 e. The summed E-state index contributed by atoms with van der Waals surface area (Å²) in [4.78, 5) is 13.3. The molecule has 1 N–H and O–H groups in total. The molecule has 0 bridgehead atoms. The fourth-order valence-corrected chi connectivity index (χ4v) is 5.17. The Kier molecular flexibility index (Phi) is 5.67. The lowest BCUT2D eigenvalue weighted by molar-refractivity contribution is -0.129. The molecule has 1 amide bonds. The van der Waals surface area contributed by atoms with Crippen molar-refractivity contribution in [3.8, 4) is 0 Å². The second-order valence-corrected chi connectivity index (χ2v) is 9.57. The predicted molar refractivity (Wildman–Crippen MR) is 98.7 cm³/mol. The molecule has 1 saturated carbocycles. The van der Waals surface area contributed by atoms with Crippen molar-refractivity contribution in [1.29, 1.82) is 0 Å². The van der Waals surface area contributed by atoms with E-state index >= 15 is 0 Å². The molecule has 1 heterocycles. The third-order valence-electron chi connectivity index (χ3n) is 5.73. The number of carbonyl (C=O) groups excluding carboxylic acids is 1. The highest BCUT2D eigenvalue weighted by atomic mass is 32.2. The van der Waals surface area contributed by atoms with Gasteiger partial charge in [-0.2, -0.15) is 0 Å². The van der Waals surface area contributed by atoms with Crippen LogP contribution in [0.5, 0.6) is 0 Å². The van der Waals surface area contributed by atoms with Gasteiger partial charge in [0.25, 0.3) is 0 Å². The molecular weight excluding hydrogens is 355 g/mol. The van der Waals surface area contributed by atoms with Crippen molar-refractivity contribution in [2.45, 2.75) is 56.4 Å². The number of nitrogens with zero attached hydrogens (tertiary/aromatic N) is 1. The molecule has 0 aromatic heterocycles. The highest BCUT2D eigenvalue weighted by Gasteiger charge is 2.42. The maximum atomic E-state index is 13.3. The minimum Gasteiger partial charge on any atom is -0.351 e. The van der Waals surface area contributed by atoms with Gasteiger partial charge >= 0.3 is 0 Å². The third-order valence-corrected chi connectivity index (χ3v) is 7.00. The summed E-state index contributed by atoms with van der Waals surface area (Å²) in [5.74, 6) is -0.361. The van der Waals surface area contributed by atoms with E-state index in [1.807, 2.05) is 0 Å². The van der Waals surface area contributed by atoms with Crippen LogP contribution in [0.15, 0.2) is 24.3 Å². The minimum absolute atomic E-state index is 0.0517. The van der Waals surface area contributed by atoms with Crippen molar-refractivity contribution >= 4 is 15.9 Å². The number of hydrogen-bond donors (Lipinski definition) is 1. The van der Waals surface area contributed by atoms with E-state index in [2.05, 4.69) is 5.32 Å². The Labute approximate surface area is 155 Å². The largest absolute Gasteiger partial charge is 0.351 e. The van der Waals surface area contributed by atoms with Crippen molar-refractivity contribution in [2.24, 2.45) is 0 Å². The summed E-state index contributed by atoms with van der Waals surface area (Å²) in [6.45, 7) is 0.832. The summed E-state index contributed by atoms with van der Waals surface area (Å²) in [7, 11) is -3.25. The van der Waals surface area contributed by atoms with Gasteiger partial charge in [0.1, 0.15) is 5.82 Å². The van der Waals surface area contributed by atoms with E-state index < -0.39 is 15.4 Å². The molecular formula is C19H27FN2O3S. The normalized spacial score (nSPS) is 24.2. The Morgan fingerprint density at radius 3 is 2.42 bits per heavy atom. The number of piperidine rings is 1. The first kappa shape index (κ1) is 19.3. The van der Waals surface area contributed by atoms with E-state index in [1.54, 1.807) is 12.1 Å². The lowest BCUT2D eigenvalue weighted by Gasteiger charge is -2.39. The van der Waals surface area contributed by atoms with Crippen LogP contribution in [-0.2, 0) is 20.2 Å². The van der Waals surface area contributed by atoms with Gasteiger partial charge in [0.05, 0.1) is 11.7 Å². The number of amides is 1. The Morgan fingerprint density at radius 2 is 1.81 bits per heavy atom.